The van der Waals surface area contributed by atoms with Crippen LogP contribution in [-0.2, 0) is 4.79 Å². The van der Waals surface area contributed by atoms with E-state index < -0.39 is 0 Å². The SMILES string of the molecule is CN(C)C(=O)COc1ccc(C(=O)/C=C/c2ccccc2OCC#N)cc1. The topological polar surface area (TPSA) is 79.6 Å². The average Bonchev–Trinajstić information content (AvgIpc) is 2.69. The number of rotatable bonds is 8. The quantitative estimate of drug-likeness (QED) is 0.531. The van der Waals surface area contributed by atoms with Crippen LogP contribution in [0, 0.1) is 11.3 Å². The van der Waals surface area contributed by atoms with Crippen molar-refractivity contribution in [1.82, 2.24) is 4.90 Å². The van der Waals surface area contributed by atoms with Gasteiger partial charge in [-0.2, -0.15) is 5.26 Å². The molecule has 0 heterocycles. The van der Waals surface area contributed by atoms with E-state index in [-0.39, 0.29) is 24.9 Å². The summed E-state index contributed by atoms with van der Waals surface area (Å²) in [6.07, 6.45) is 3.09. The lowest BCUT2D eigenvalue weighted by Gasteiger charge is -2.11. The minimum Gasteiger partial charge on any atom is -0.484 e. The van der Waals surface area contributed by atoms with Crippen molar-refractivity contribution in [1.29, 1.82) is 5.26 Å². The number of likely N-dealkylation sites (N-methyl/N-ethyl adjacent to an activating group) is 1. The molecule has 0 saturated heterocycles. The van der Waals surface area contributed by atoms with Gasteiger partial charge in [-0.1, -0.05) is 18.2 Å². The van der Waals surface area contributed by atoms with Crippen molar-refractivity contribution >= 4 is 17.8 Å². The van der Waals surface area contributed by atoms with Crippen LogP contribution in [0.2, 0.25) is 0 Å². The molecule has 27 heavy (non-hydrogen) atoms. The molecule has 0 aliphatic rings. The summed E-state index contributed by atoms with van der Waals surface area (Å²) >= 11 is 0. The summed E-state index contributed by atoms with van der Waals surface area (Å²) in [4.78, 5) is 25.3. The molecule has 0 aliphatic carbocycles. The van der Waals surface area contributed by atoms with E-state index in [0.717, 1.165) is 0 Å². The Morgan fingerprint density at radius 1 is 1.07 bits per heavy atom. The number of ketones is 1. The Hall–Kier alpha value is -3.59. The Labute approximate surface area is 158 Å². The normalized spacial score (nSPS) is 10.3. The van der Waals surface area contributed by atoms with Gasteiger partial charge in [0, 0.05) is 25.2 Å². The maximum atomic E-state index is 12.3. The molecule has 6 heteroatoms. The Balaban J connectivity index is 2.01. The lowest BCUT2D eigenvalue weighted by Crippen LogP contribution is -2.27. The molecular formula is C21H20N2O4. The van der Waals surface area contributed by atoms with Crippen LogP contribution in [0.15, 0.2) is 54.6 Å². The standard InChI is InChI=1S/C21H20N2O4/c1-23(2)21(25)15-27-18-10-7-16(8-11-18)19(24)12-9-17-5-3-4-6-20(17)26-14-13-22/h3-12H,14-15H2,1-2H3/b12-9+. The summed E-state index contributed by atoms with van der Waals surface area (Å²) < 4.78 is 10.7. The fraction of sp³-hybridized carbons (Fsp3) is 0.190. The Morgan fingerprint density at radius 2 is 1.78 bits per heavy atom. The zero-order valence-corrected chi connectivity index (χ0v) is 15.2. The second-order valence-corrected chi connectivity index (χ2v) is 5.78. The molecule has 0 bridgehead atoms. The molecule has 0 fully saturated rings. The molecule has 0 aromatic heterocycles. The van der Waals surface area contributed by atoms with Crippen LogP contribution >= 0.6 is 0 Å². The van der Waals surface area contributed by atoms with E-state index in [1.54, 1.807) is 62.6 Å². The minimum atomic E-state index is -0.180. The van der Waals surface area contributed by atoms with Gasteiger partial charge in [0.25, 0.3) is 5.91 Å². The van der Waals surface area contributed by atoms with Crippen molar-refractivity contribution in [3.63, 3.8) is 0 Å². The smallest absolute Gasteiger partial charge is 0.259 e. The lowest BCUT2D eigenvalue weighted by atomic mass is 10.1. The second kappa shape index (κ2) is 9.78. The highest BCUT2D eigenvalue weighted by molar-refractivity contribution is 6.07. The fourth-order valence-electron chi connectivity index (χ4n) is 2.11. The van der Waals surface area contributed by atoms with Crippen LogP contribution in [0.25, 0.3) is 6.08 Å². The number of amides is 1. The second-order valence-electron chi connectivity index (χ2n) is 5.78. The zero-order chi connectivity index (χ0) is 19.6. The lowest BCUT2D eigenvalue weighted by molar-refractivity contribution is -0.130. The third kappa shape index (κ3) is 6.01. The average molecular weight is 364 g/mol. The molecule has 1 amide bonds. The number of benzene rings is 2. The predicted molar refractivity (Wildman–Crippen MR) is 102 cm³/mol. The molecule has 2 rings (SSSR count). The summed E-state index contributed by atoms with van der Waals surface area (Å²) in [6, 6.07) is 15.6. The molecular weight excluding hydrogens is 344 g/mol. The van der Waals surface area contributed by atoms with E-state index in [2.05, 4.69) is 0 Å². The first-order chi connectivity index (χ1) is 13.0. The van der Waals surface area contributed by atoms with Gasteiger partial charge < -0.3 is 14.4 Å². The first-order valence-corrected chi connectivity index (χ1v) is 8.25. The van der Waals surface area contributed by atoms with Crippen LogP contribution in [0.3, 0.4) is 0 Å². The van der Waals surface area contributed by atoms with Gasteiger partial charge in [0.1, 0.15) is 17.6 Å². The van der Waals surface area contributed by atoms with Crippen LogP contribution < -0.4 is 9.47 Å². The molecule has 0 radical (unpaired) electrons. The van der Waals surface area contributed by atoms with Crippen LogP contribution in [0.5, 0.6) is 11.5 Å². The Morgan fingerprint density at radius 3 is 2.44 bits per heavy atom. The number of carbonyl (C=O) groups is 2. The van der Waals surface area contributed by atoms with E-state index in [9.17, 15) is 9.59 Å². The highest BCUT2D eigenvalue weighted by Gasteiger charge is 2.07. The van der Waals surface area contributed by atoms with Crippen molar-refractivity contribution in [2.45, 2.75) is 0 Å². The monoisotopic (exact) mass is 364 g/mol. The molecule has 6 nitrogen and oxygen atoms in total. The maximum absolute atomic E-state index is 12.3. The molecule has 0 N–H and O–H groups in total. The van der Waals surface area contributed by atoms with Crippen molar-refractivity contribution in [2.75, 3.05) is 27.3 Å². The van der Waals surface area contributed by atoms with Gasteiger partial charge in [-0.15, -0.1) is 0 Å². The van der Waals surface area contributed by atoms with Gasteiger partial charge in [-0.25, -0.2) is 0 Å². The summed E-state index contributed by atoms with van der Waals surface area (Å²) in [7, 11) is 3.31. The molecule has 0 unspecified atom stereocenters. The largest absolute Gasteiger partial charge is 0.484 e. The fourth-order valence-corrected chi connectivity index (χ4v) is 2.11. The zero-order valence-electron chi connectivity index (χ0n) is 15.2. The van der Waals surface area contributed by atoms with E-state index in [1.807, 2.05) is 12.1 Å². The molecule has 0 aliphatic heterocycles. The number of allylic oxidation sites excluding steroid dienone is 1. The van der Waals surface area contributed by atoms with Gasteiger partial charge in [-0.3, -0.25) is 9.59 Å². The van der Waals surface area contributed by atoms with Crippen LogP contribution in [0.1, 0.15) is 15.9 Å². The van der Waals surface area contributed by atoms with E-state index in [4.69, 9.17) is 14.7 Å². The van der Waals surface area contributed by atoms with Gasteiger partial charge in [-0.05, 0) is 42.5 Å². The number of nitriles is 1. The van der Waals surface area contributed by atoms with Crippen molar-refractivity contribution < 1.29 is 19.1 Å². The molecule has 2 aromatic carbocycles. The molecule has 0 saturated carbocycles. The number of carbonyl (C=O) groups excluding carboxylic acids is 2. The molecule has 0 atom stereocenters. The number of ether oxygens (including phenoxy) is 2. The van der Waals surface area contributed by atoms with Gasteiger partial charge in [0.2, 0.25) is 0 Å². The first-order valence-electron chi connectivity index (χ1n) is 8.25. The van der Waals surface area contributed by atoms with E-state index in [1.165, 1.54) is 11.0 Å². The Bertz CT molecular complexity index is 864. The first kappa shape index (κ1) is 19.7. The highest BCUT2D eigenvalue weighted by atomic mass is 16.5. The van der Waals surface area contributed by atoms with Gasteiger partial charge in [0.05, 0.1) is 0 Å². The van der Waals surface area contributed by atoms with Gasteiger partial charge >= 0.3 is 0 Å². The third-order valence-electron chi connectivity index (χ3n) is 3.63. The van der Waals surface area contributed by atoms with Crippen molar-refractivity contribution in [2.24, 2.45) is 0 Å². The Kier molecular flexibility index (Phi) is 7.15. The van der Waals surface area contributed by atoms with Crippen LogP contribution in [0.4, 0.5) is 0 Å². The molecule has 0 spiro atoms. The number of hydrogen-bond acceptors (Lipinski definition) is 5. The number of hydrogen-bond donors (Lipinski definition) is 0. The summed E-state index contributed by atoms with van der Waals surface area (Å²) in [5.41, 5.74) is 1.20. The summed E-state index contributed by atoms with van der Waals surface area (Å²) in [5.74, 6) is 0.731. The van der Waals surface area contributed by atoms with Crippen molar-refractivity contribution in [3.8, 4) is 17.6 Å². The van der Waals surface area contributed by atoms with Gasteiger partial charge in [0.15, 0.2) is 19.0 Å². The van der Waals surface area contributed by atoms with E-state index in [0.29, 0.717) is 22.6 Å². The number of para-hydroxylation sites is 1. The van der Waals surface area contributed by atoms with Crippen molar-refractivity contribution in [3.05, 3.63) is 65.7 Å². The summed E-state index contributed by atoms with van der Waals surface area (Å²) in [6.45, 7) is -0.115. The number of nitrogens with zero attached hydrogens (tertiary/aromatic N) is 2. The third-order valence-corrected chi connectivity index (χ3v) is 3.63. The minimum absolute atomic E-state index is 0.0559. The molecule has 138 valence electrons. The van der Waals surface area contributed by atoms with Crippen LogP contribution in [-0.4, -0.2) is 43.9 Å². The predicted octanol–water partition coefficient (Wildman–Crippen LogP) is 2.95. The maximum Gasteiger partial charge on any atom is 0.259 e. The van der Waals surface area contributed by atoms with E-state index >= 15 is 0 Å². The molecule has 2 aromatic rings. The summed E-state index contributed by atoms with van der Waals surface area (Å²) in [5, 5.41) is 8.62. The highest BCUT2D eigenvalue weighted by Crippen LogP contribution is 2.20.